The number of hydrogen-bond donors (Lipinski definition) is 0. The molecule has 1 aliphatic carbocycles. The molecule has 2 fully saturated rings. The summed E-state index contributed by atoms with van der Waals surface area (Å²) >= 11 is 0. The maximum Gasteiger partial charge on any atom is 0.222 e. The lowest BCUT2D eigenvalue weighted by atomic mass is 10.0. The molecular weight excluding hydrogens is 286 g/mol. The summed E-state index contributed by atoms with van der Waals surface area (Å²) < 4.78 is 5.78. The Morgan fingerprint density at radius 3 is 2.61 bits per heavy atom. The number of carbonyl (C=O) groups excluding carboxylic acids is 1. The summed E-state index contributed by atoms with van der Waals surface area (Å²) in [6.45, 7) is 2.62. The molecule has 2 aliphatic rings. The smallest absolute Gasteiger partial charge is 0.222 e. The molecule has 23 heavy (non-hydrogen) atoms. The van der Waals surface area contributed by atoms with Crippen LogP contribution in [0.25, 0.3) is 0 Å². The Morgan fingerprint density at radius 1 is 1.04 bits per heavy atom. The van der Waals surface area contributed by atoms with E-state index in [-0.39, 0.29) is 0 Å². The van der Waals surface area contributed by atoms with Gasteiger partial charge in [0.2, 0.25) is 5.91 Å². The van der Waals surface area contributed by atoms with E-state index >= 15 is 0 Å². The van der Waals surface area contributed by atoms with Crippen LogP contribution in [-0.2, 0) is 4.79 Å². The van der Waals surface area contributed by atoms with Gasteiger partial charge in [-0.2, -0.15) is 0 Å². The van der Waals surface area contributed by atoms with Crippen molar-refractivity contribution < 1.29 is 9.53 Å². The van der Waals surface area contributed by atoms with Crippen LogP contribution in [0.15, 0.2) is 30.3 Å². The van der Waals surface area contributed by atoms with Crippen molar-refractivity contribution in [1.29, 1.82) is 0 Å². The Morgan fingerprint density at radius 2 is 1.83 bits per heavy atom. The number of ether oxygens (including phenoxy) is 1. The standard InChI is InChI=1S/C20H29NO2/c22-20(11-10-17-6-4-5-7-17)21-14-12-18(16-21)13-15-23-19-8-2-1-3-9-19/h1-3,8-9,17-18H,4-7,10-16H2. The van der Waals surface area contributed by atoms with Gasteiger partial charge in [0.15, 0.2) is 0 Å². The Bertz CT molecular complexity index is 482. The van der Waals surface area contributed by atoms with E-state index in [0.717, 1.165) is 57.0 Å². The van der Waals surface area contributed by atoms with E-state index in [0.29, 0.717) is 11.8 Å². The molecule has 1 aromatic carbocycles. The third-order valence-corrected chi connectivity index (χ3v) is 5.42. The van der Waals surface area contributed by atoms with Crippen LogP contribution in [-0.4, -0.2) is 30.5 Å². The third-order valence-electron chi connectivity index (χ3n) is 5.42. The molecule has 1 saturated carbocycles. The molecule has 0 aromatic heterocycles. The molecule has 0 spiro atoms. The summed E-state index contributed by atoms with van der Waals surface area (Å²) in [4.78, 5) is 14.4. The van der Waals surface area contributed by atoms with Crippen molar-refractivity contribution in [3.63, 3.8) is 0 Å². The highest BCUT2D eigenvalue weighted by Crippen LogP contribution is 2.29. The lowest BCUT2D eigenvalue weighted by Crippen LogP contribution is -2.29. The normalized spacial score (nSPS) is 21.7. The van der Waals surface area contributed by atoms with Gasteiger partial charge in [0.1, 0.15) is 5.75 Å². The van der Waals surface area contributed by atoms with E-state index in [9.17, 15) is 4.79 Å². The van der Waals surface area contributed by atoms with Gasteiger partial charge in [-0.3, -0.25) is 4.79 Å². The molecular formula is C20H29NO2. The first kappa shape index (κ1) is 16.4. The molecule has 1 aromatic rings. The molecule has 126 valence electrons. The van der Waals surface area contributed by atoms with Gasteiger partial charge in [-0.1, -0.05) is 43.9 Å². The highest BCUT2D eigenvalue weighted by atomic mass is 16.5. The monoisotopic (exact) mass is 315 g/mol. The van der Waals surface area contributed by atoms with E-state index in [1.165, 1.54) is 25.7 Å². The predicted octanol–water partition coefficient (Wildman–Crippen LogP) is 4.27. The van der Waals surface area contributed by atoms with Gasteiger partial charge in [-0.25, -0.2) is 0 Å². The first-order chi connectivity index (χ1) is 11.3. The molecule has 3 nitrogen and oxygen atoms in total. The molecule has 3 rings (SSSR count). The van der Waals surface area contributed by atoms with E-state index in [4.69, 9.17) is 4.74 Å². The molecule has 0 N–H and O–H groups in total. The zero-order valence-corrected chi connectivity index (χ0v) is 14.1. The van der Waals surface area contributed by atoms with Crippen LogP contribution in [0.3, 0.4) is 0 Å². The molecule has 1 heterocycles. The van der Waals surface area contributed by atoms with Crippen molar-refractivity contribution >= 4 is 5.91 Å². The van der Waals surface area contributed by atoms with E-state index in [1.54, 1.807) is 0 Å². The molecule has 1 atom stereocenters. The number of para-hydroxylation sites is 1. The summed E-state index contributed by atoms with van der Waals surface area (Å²) in [5.74, 6) is 2.74. The van der Waals surface area contributed by atoms with E-state index in [2.05, 4.69) is 4.90 Å². The second-order valence-corrected chi connectivity index (χ2v) is 7.13. The van der Waals surface area contributed by atoms with Gasteiger partial charge in [0.05, 0.1) is 6.61 Å². The zero-order valence-electron chi connectivity index (χ0n) is 14.1. The maximum atomic E-state index is 12.3. The lowest BCUT2D eigenvalue weighted by molar-refractivity contribution is -0.130. The van der Waals surface area contributed by atoms with Gasteiger partial charge in [-0.05, 0) is 43.2 Å². The summed E-state index contributed by atoms with van der Waals surface area (Å²) in [6.07, 6.45) is 9.46. The number of nitrogens with zero attached hydrogens (tertiary/aromatic N) is 1. The lowest BCUT2D eigenvalue weighted by Gasteiger charge is -2.18. The van der Waals surface area contributed by atoms with Gasteiger partial charge >= 0.3 is 0 Å². The molecule has 0 bridgehead atoms. The van der Waals surface area contributed by atoms with Crippen LogP contribution in [0, 0.1) is 11.8 Å². The Kier molecular flexibility index (Phi) is 5.95. The van der Waals surface area contributed by atoms with Gasteiger partial charge in [0, 0.05) is 19.5 Å². The molecule has 0 radical (unpaired) electrons. The molecule has 1 saturated heterocycles. The Labute approximate surface area is 140 Å². The van der Waals surface area contributed by atoms with Crippen LogP contribution < -0.4 is 4.74 Å². The third kappa shape index (κ3) is 4.98. The van der Waals surface area contributed by atoms with E-state index < -0.39 is 0 Å². The van der Waals surface area contributed by atoms with Crippen LogP contribution in [0.1, 0.15) is 51.4 Å². The summed E-state index contributed by atoms with van der Waals surface area (Å²) in [6, 6.07) is 9.98. The number of carbonyl (C=O) groups is 1. The van der Waals surface area contributed by atoms with Crippen LogP contribution in [0.5, 0.6) is 5.75 Å². The van der Waals surface area contributed by atoms with Crippen LogP contribution >= 0.6 is 0 Å². The Hall–Kier alpha value is -1.51. The van der Waals surface area contributed by atoms with Crippen molar-refractivity contribution in [1.82, 2.24) is 4.90 Å². The summed E-state index contributed by atoms with van der Waals surface area (Å²) in [5, 5.41) is 0. The average molecular weight is 315 g/mol. The fourth-order valence-electron chi connectivity index (χ4n) is 3.94. The van der Waals surface area contributed by atoms with Gasteiger partial charge < -0.3 is 9.64 Å². The number of likely N-dealkylation sites (tertiary alicyclic amines) is 1. The number of hydrogen-bond acceptors (Lipinski definition) is 2. The molecule has 1 amide bonds. The van der Waals surface area contributed by atoms with Crippen molar-refractivity contribution in [3.05, 3.63) is 30.3 Å². The molecule has 1 unspecified atom stereocenters. The number of amides is 1. The minimum Gasteiger partial charge on any atom is -0.494 e. The van der Waals surface area contributed by atoms with Crippen LogP contribution in [0.4, 0.5) is 0 Å². The second-order valence-electron chi connectivity index (χ2n) is 7.13. The first-order valence-corrected chi connectivity index (χ1v) is 9.27. The zero-order chi connectivity index (χ0) is 15.9. The highest BCUT2D eigenvalue weighted by Gasteiger charge is 2.26. The largest absolute Gasteiger partial charge is 0.494 e. The van der Waals surface area contributed by atoms with Crippen molar-refractivity contribution in [2.75, 3.05) is 19.7 Å². The fourth-order valence-corrected chi connectivity index (χ4v) is 3.94. The molecule has 1 aliphatic heterocycles. The van der Waals surface area contributed by atoms with Crippen molar-refractivity contribution in [2.24, 2.45) is 11.8 Å². The average Bonchev–Trinajstić information content (AvgIpc) is 3.25. The quantitative estimate of drug-likeness (QED) is 0.752. The van der Waals surface area contributed by atoms with Gasteiger partial charge in [-0.15, -0.1) is 0 Å². The van der Waals surface area contributed by atoms with Crippen molar-refractivity contribution in [3.8, 4) is 5.75 Å². The first-order valence-electron chi connectivity index (χ1n) is 9.27. The molecule has 3 heteroatoms. The van der Waals surface area contributed by atoms with Crippen LogP contribution in [0.2, 0.25) is 0 Å². The fraction of sp³-hybridized carbons (Fsp3) is 0.650. The van der Waals surface area contributed by atoms with Crippen molar-refractivity contribution in [2.45, 2.75) is 51.4 Å². The summed E-state index contributed by atoms with van der Waals surface area (Å²) in [7, 11) is 0. The minimum absolute atomic E-state index is 0.378. The highest BCUT2D eigenvalue weighted by molar-refractivity contribution is 5.76. The summed E-state index contributed by atoms with van der Waals surface area (Å²) in [5.41, 5.74) is 0. The number of benzene rings is 1. The SMILES string of the molecule is O=C(CCC1CCCC1)N1CCC(CCOc2ccccc2)C1. The topological polar surface area (TPSA) is 29.5 Å². The predicted molar refractivity (Wildman–Crippen MR) is 92.4 cm³/mol. The maximum absolute atomic E-state index is 12.3. The minimum atomic E-state index is 0.378. The Balaban J connectivity index is 1.32. The second kappa shape index (κ2) is 8.37. The van der Waals surface area contributed by atoms with Gasteiger partial charge in [0.25, 0.3) is 0 Å². The van der Waals surface area contributed by atoms with E-state index in [1.807, 2.05) is 30.3 Å². The number of rotatable bonds is 7.